The molecule has 2 heterocycles. The van der Waals surface area contributed by atoms with E-state index in [1.807, 2.05) is 41.1 Å². The Morgan fingerprint density at radius 2 is 1.82 bits per heavy atom. The molecule has 1 N–H and O–H groups in total. The quantitative estimate of drug-likeness (QED) is 0.390. The van der Waals surface area contributed by atoms with E-state index in [0.29, 0.717) is 6.54 Å². The third-order valence-electron chi connectivity index (χ3n) is 5.40. The van der Waals surface area contributed by atoms with Crippen LogP contribution in [0.1, 0.15) is 63.9 Å². The van der Waals surface area contributed by atoms with Gasteiger partial charge in [-0.2, -0.15) is 0 Å². The monoisotopic (exact) mass is 511 g/mol. The number of nitrogens with zero attached hydrogens (tertiary/aromatic N) is 3. The Balaban J connectivity index is 0.00000280. The average Bonchev–Trinajstić information content (AvgIpc) is 2.97. The summed E-state index contributed by atoms with van der Waals surface area (Å²) < 4.78 is 3.03. The molecule has 0 aliphatic carbocycles. The van der Waals surface area contributed by atoms with E-state index in [2.05, 4.69) is 32.7 Å². The fourth-order valence-electron chi connectivity index (χ4n) is 3.90. The van der Waals surface area contributed by atoms with E-state index in [9.17, 15) is 5.11 Å². The summed E-state index contributed by atoms with van der Waals surface area (Å²) in [7, 11) is 0. The lowest BCUT2D eigenvalue weighted by molar-refractivity contribution is -0.685. The predicted octanol–water partition coefficient (Wildman–Crippen LogP) is 1.94. The van der Waals surface area contributed by atoms with Crippen LogP contribution in [0.2, 0.25) is 0 Å². The third-order valence-corrected chi connectivity index (χ3v) is 5.89. The number of rotatable bonds is 10. The van der Waals surface area contributed by atoms with Crippen molar-refractivity contribution in [2.45, 2.75) is 70.6 Å². The van der Waals surface area contributed by atoms with Crippen LogP contribution in [0.4, 0.5) is 5.95 Å². The second-order valence-corrected chi connectivity index (χ2v) is 8.42. The Bertz CT molecular complexity index is 743. The van der Waals surface area contributed by atoms with Crippen LogP contribution < -0.4 is 26.4 Å². The summed E-state index contributed by atoms with van der Waals surface area (Å²) in [5.74, 6) is 0.850. The molecule has 1 aliphatic heterocycles. The number of halogens is 2. The van der Waals surface area contributed by atoms with Crippen LogP contribution in [0.15, 0.2) is 47.2 Å². The molecule has 2 aromatic rings. The van der Waals surface area contributed by atoms with Crippen molar-refractivity contribution in [2.24, 2.45) is 0 Å². The minimum absolute atomic E-state index is 0. The molecule has 28 heavy (non-hydrogen) atoms. The molecular weight excluding hydrogens is 482 g/mol. The number of benzene rings is 1. The van der Waals surface area contributed by atoms with Crippen LogP contribution in [-0.4, -0.2) is 16.6 Å². The van der Waals surface area contributed by atoms with Crippen molar-refractivity contribution in [1.82, 2.24) is 4.98 Å². The van der Waals surface area contributed by atoms with E-state index in [1.165, 1.54) is 44.9 Å². The molecule has 0 bridgehead atoms. The molecule has 0 amide bonds. The van der Waals surface area contributed by atoms with Crippen LogP contribution in [-0.2, 0) is 12.3 Å². The van der Waals surface area contributed by atoms with Gasteiger partial charge in [-0.1, -0.05) is 84.9 Å². The van der Waals surface area contributed by atoms with Gasteiger partial charge in [0.05, 0.1) is 12.7 Å². The highest BCUT2D eigenvalue weighted by atomic mass is 79.9. The van der Waals surface area contributed by atoms with Gasteiger partial charge >= 0.3 is 5.95 Å². The Labute approximate surface area is 187 Å². The zero-order valence-electron chi connectivity index (χ0n) is 16.7. The smallest absolute Gasteiger partial charge is 0.396 e. The number of fused-ring (bicyclic) bond motifs is 1. The highest BCUT2D eigenvalue weighted by Gasteiger charge is 2.51. The lowest BCUT2D eigenvalue weighted by Crippen LogP contribution is -3.00. The van der Waals surface area contributed by atoms with Crippen molar-refractivity contribution in [3.05, 3.63) is 52.8 Å². The normalized spacial score (nSPS) is 18.0. The topological polar surface area (TPSA) is 40.2 Å². The molecule has 6 heteroatoms. The van der Waals surface area contributed by atoms with E-state index >= 15 is 0 Å². The number of hydrogen-bond donors (Lipinski definition) is 1. The first kappa shape index (κ1) is 23.3. The van der Waals surface area contributed by atoms with Gasteiger partial charge in [0.25, 0.3) is 0 Å². The number of hydrogen-bond acceptors (Lipinski definition) is 3. The maximum atomic E-state index is 11.6. The summed E-state index contributed by atoms with van der Waals surface area (Å²) in [6, 6.07) is 9.89. The predicted molar refractivity (Wildman–Crippen MR) is 112 cm³/mol. The molecule has 1 aromatic carbocycles. The maximum absolute atomic E-state index is 11.6. The third kappa shape index (κ3) is 5.55. The Morgan fingerprint density at radius 1 is 1.11 bits per heavy atom. The van der Waals surface area contributed by atoms with Gasteiger partial charge in [0.1, 0.15) is 12.7 Å². The fraction of sp³-hybridized carbons (Fsp3) is 0.545. The SMILES string of the molecule is CCCCCCCCCCN1c2nccc[n+]2CC1(O)c1cccc(Br)c1.[Br-]. The summed E-state index contributed by atoms with van der Waals surface area (Å²) in [6.07, 6.45) is 14.0. The second kappa shape index (κ2) is 11.3. The van der Waals surface area contributed by atoms with Crippen molar-refractivity contribution < 1.29 is 26.7 Å². The van der Waals surface area contributed by atoms with Gasteiger partial charge in [-0.15, -0.1) is 0 Å². The second-order valence-electron chi connectivity index (χ2n) is 7.50. The zero-order valence-corrected chi connectivity index (χ0v) is 19.8. The number of unbranched alkanes of at least 4 members (excludes halogenated alkanes) is 7. The van der Waals surface area contributed by atoms with Gasteiger partial charge < -0.3 is 22.1 Å². The van der Waals surface area contributed by atoms with Crippen molar-refractivity contribution in [2.75, 3.05) is 11.4 Å². The maximum Gasteiger partial charge on any atom is 0.396 e. The van der Waals surface area contributed by atoms with E-state index in [0.717, 1.165) is 29.0 Å². The van der Waals surface area contributed by atoms with E-state index < -0.39 is 5.72 Å². The Kier molecular flexibility index (Phi) is 9.38. The van der Waals surface area contributed by atoms with Crippen LogP contribution in [0.25, 0.3) is 0 Å². The first-order valence-electron chi connectivity index (χ1n) is 10.3. The number of aromatic nitrogens is 2. The lowest BCUT2D eigenvalue weighted by atomic mass is 10.0. The summed E-state index contributed by atoms with van der Waals surface area (Å²) in [5, 5.41) is 11.6. The molecule has 0 saturated carbocycles. The van der Waals surface area contributed by atoms with Crippen LogP contribution in [0, 0.1) is 0 Å². The molecule has 4 nitrogen and oxygen atoms in total. The fourth-order valence-corrected chi connectivity index (χ4v) is 4.30. The highest BCUT2D eigenvalue weighted by Crippen LogP contribution is 2.35. The standard InChI is InChI=1S/C22H31BrN3O.BrH/c1-2-3-4-5-6-7-8-9-16-26-21-24-14-11-15-25(21)18-22(26,27)19-12-10-13-20(23)17-19;/h10-15,17,27H,2-9,16,18H2,1H3;1H/q+1;/p-1. The van der Waals surface area contributed by atoms with E-state index in [1.54, 1.807) is 6.20 Å². The molecule has 0 radical (unpaired) electrons. The minimum Gasteiger partial charge on any atom is -1.00 e. The molecule has 1 unspecified atom stereocenters. The van der Waals surface area contributed by atoms with E-state index in [-0.39, 0.29) is 17.0 Å². The highest BCUT2D eigenvalue weighted by molar-refractivity contribution is 9.10. The average molecular weight is 513 g/mol. The largest absolute Gasteiger partial charge is 1.00 e. The summed E-state index contributed by atoms with van der Waals surface area (Å²) in [5.41, 5.74) is -0.145. The molecule has 1 aliphatic rings. The molecule has 3 rings (SSSR count). The van der Waals surface area contributed by atoms with Crippen LogP contribution >= 0.6 is 15.9 Å². The first-order valence-corrected chi connectivity index (χ1v) is 11.0. The van der Waals surface area contributed by atoms with Crippen molar-refractivity contribution in [1.29, 1.82) is 0 Å². The van der Waals surface area contributed by atoms with Crippen molar-refractivity contribution in [3.8, 4) is 0 Å². The molecular formula is C22H31Br2N3O. The minimum atomic E-state index is -1.05. The van der Waals surface area contributed by atoms with Gasteiger partial charge in [-0.25, -0.2) is 9.47 Å². The zero-order chi connectivity index (χ0) is 19.1. The molecule has 154 valence electrons. The van der Waals surface area contributed by atoms with Gasteiger partial charge in [-0.05, 0) is 18.6 Å². The summed E-state index contributed by atoms with van der Waals surface area (Å²) >= 11 is 3.54. The molecule has 0 saturated heterocycles. The molecule has 0 spiro atoms. The summed E-state index contributed by atoms with van der Waals surface area (Å²) in [4.78, 5) is 6.63. The van der Waals surface area contributed by atoms with Crippen molar-refractivity contribution >= 4 is 21.9 Å². The number of anilines is 1. The lowest BCUT2D eigenvalue weighted by Gasteiger charge is -2.28. The van der Waals surface area contributed by atoms with Gasteiger partial charge in [0.2, 0.25) is 5.72 Å². The van der Waals surface area contributed by atoms with Gasteiger partial charge in [0, 0.05) is 16.1 Å². The van der Waals surface area contributed by atoms with Crippen molar-refractivity contribution in [3.63, 3.8) is 0 Å². The molecule has 1 aromatic heterocycles. The molecule has 1 atom stereocenters. The van der Waals surface area contributed by atoms with Crippen LogP contribution in [0.3, 0.4) is 0 Å². The summed E-state index contributed by atoms with van der Waals surface area (Å²) in [6.45, 7) is 3.57. The molecule has 0 fully saturated rings. The van der Waals surface area contributed by atoms with Crippen LogP contribution in [0.5, 0.6) is 0 Å². The van der Waals surface area contributed by atoms with Gasteiger partial charge in [-0.3, -0.25) is 0 Å². The van der Waals surface area contributed by atoms with E-state index in [4.69, 9.17) is 0 Å². The number of aliphatic hydroxyl groups is 1. The van der Waals surface area contributed by atoms with Gasteiger partial charge in [0.15, 0.2) is 0 Å². The Hall–Kier alpha value is -0.980. The Morgan fingerprint density at radius 3 is 2.54 bits per heavy atom. The first-order chi connectivity index (χ1) is 13.1.